The molecule has 2 N–H and O–H groups in total. The summed E-state index contributed by atoms with van der Waals surface area (Å²) in [6.07, 6.45) is 6.30. The zero-order chi connectivity index (χ0) is 20.4. The fourth-order valence-corrected chi connectivity index (χ4v) is 3.96. The van der Waals surface area contributed by atoms with Crippen molar-refractivity contribution in [2.45, 2.75) is 31.5 Å². The molecule has 0 bridgehead atoms. The van der Waals surface area contributed by atoms with E-state index in [1.54, 1.807) is 36.2 Å². The van der Waals surface area contributed by atoms with Crippen LogP contribution in [0.25, 0.3) is 11.3 Å². The summed E-state index contributed by atoms with van der Waals surface area (Å²) in [7, 11) is 3.43. The summed E-state index contributed by atoms with van der Waals surface area (Å²) in [5.41, 5.74) is 2.00. The number of nitrogens with one attached hydrogen (secondary N) is 1. The molecule has 3 aromatic rings. The van der Waals surface area contributed by atoms with Crippen LogP contribution in [-0.4, -0.2) is 49.8 Å². The van der Waals surface area contributed by atoms with Crippen LogP contribution < -0.4 is 10.1 Å². The van der Waals surface area contributed by atoms with Gasteiger partial charge < -0.3 is 15.2 Å². The number of hydrogen-bond acceptors (Lipinski definition) is 5. The molecule has 4 rings (SSSR count). The molecule has 29 heavy (non-hydrogen) atoms. The van der Waals surface area contributed by atoms with Gasteiger partial charge in [-0.3, -0.25) is 14.2 Å². The van der Waals surface area contributed by atoms with Gasteiger partial charge in [0.05, 0.1) is 24.9 Å². The topological polar surface area (TPSA) is 94.2 Å². The second kappa shape index (κ2) is 8.08. The molecule has 2 heterocycles. The van der Waals surface area contributed by atoms with E-state index in [1.807, 2.05) is 36.3 Å². The molecule has 0 aliphatic heterocycles. The quantitative estimate of drug-likeness (QED) is 0.664. The molecular weight excluding hydrogens is 370 g/mol. The van der Waals surface area contributed by atoms with Gasteiger partial charge in [0, 0.05) is 43.3 Å². The van der Waals surface area contributed by atoms with Crippen LogP contribution in [0.4, 0.5) is 0 Å². The van der Waals surface area contributed by atoms with E-state index < -0.39 is 6.10 Å². The molecule has 8 nitrogen and oxygen atoms in total. The molecule has 0 spiro atoms. The van der Waals surface area contributed by atoms with Crippen LogP contribution >= 0.6 is 0 Å². The number of methoxy groups -OCH3 is 1. The van der Waals surface area contributed by atoms with Crippen molar-refractivity contribution in [3.05, 3.63) is 54.5 Å². The first-order valence-corrected chi connectivity index (χ1v) is 9.68. The highest BCUT2D eigenvalue weighted by Crippen LogP contribution is 2.31. The molecular formula is C21H25N5O3. The summed E-state index contributed by atoms with van der Waals surface area (Å²) in [5.74, 6) is 0.712. The third-order valence-corrected chi connectivity index (χ3v) is 5.40. The Morgan fingerprint density at radius 3 is 2.86 bits per heavy atom. The largest absolute Gasteiger partial charge is 0.496 e. The van der Waals surface area contributed by atoms with Crippen LogP contribution in [0.2, 0.25) is 0 Å². The maximum Gasteiger partial charge on any atom is 0.251 e. The van der Waals surface area contributed by atoms with Crippen molar-refractivity contribution >= 4 is 5.91 Å². The van der Waals surface area contributed by atoms with Crippen molar-refractivity contribution in [2.75, 3.05) is 7.11 Å². The lowest BCUT2D eigenvalue weighted by molar-refractivity contribution is 0.0873. The number of aliphatic hydroxyl groups excluding tert-OH is 1. The van der Waals surface area contributed by atoms with Crippen LogP contribution in [-0.2, 0) is 13.6 Å². The number of aliphatic hydroxyl groups is 1. The van der Waals surface area contributed by atoms with Crippen molar-refractivity contribution in [2.24, 2.45) is 13.0 Å². The van der Waals surface area contributed by atoms with Gasteiger partial charge in [-0.2, -0.15) is 10.2 Å². The Kier molecular flexibility index (Phi) is 5.35. The van der Waals surface area contributed by atoms with Gasteiger partial charge in [0.1, 0.15) is 5.75 Å². The fraction of sp³-hybridized carbons (Fsp3) is 0.381. The second-order valence-corrected chi connectivity index (χ2v) is 7.50. The molecule has 3 atom stereocenters. The minimum absolute atomic E-state index is 0.214. The Hall–Kier alpha value is -3.13. The number of aromatic nitrogens is 4. The number of carbonyl (C=O) groups is 1. The zero-order valence-electron chi connectivity index (χ0n) is 16.5. The fourth-order valence-electron chi connectivity index (χ4n) is 3.96. The van der Waals surface area contributed by atoms with Gasteiger partial charge in [-0.15, -0.1) is 0 Å². The lowest BCUT2D eigenvalue weighted by Gasteiger charge is -2.17. The number of amides is 1. The van der Waals surface area contributed by atoms with Gasteiger partial charge in [0.25, 0.3) is 5.91 Å². The lowest BCUT2D eigenvalue weighted by Crippen LogP contribution is -2.39. The first-order valence-electron chi connectivity index (χ1n) is 9.68. The zero-order valence-corrected chi connectivity index (χ0v) is 16.5. The maximum absolute atomic E-state index is 12.9. The predicted octanol–water partition coefficient (Wildman–Crippen LogP) is 1.86. The number of hydrogen-bond donors (Lipinski definition) is 2. The minimum Gasteiger partial charge on any atom is -0.496 e. The Morgan fingerprint density at radius 1 is 1.31 bits per heavy atom. The molecule has 2 aromatic heterocycles. The molecule has 1 aromatic carbocycles. The van der Waals surface area contributed by atoms with Gasteiger partial charge in [-0.05, 0) is 49.1 Å². The molecule has 0 radical (unpaired) electrons. The van der Waals surface area contributed by atoms with Gasteiger partial charge in [0.15, 0.2) is 0 Å². The van der Waals surface area contributed by atoms with Crippen LogP contribution in [0.1, 0.15) is 23.2 Å². The Labute approximate surface area is 169 Å². The third kappa shape index (κ3) is 4.17. The van der Waals surface area contributed by atoms with E-state index in [2.05, 4.69) is 15.5 Å². The molecule has 1 unspecified atom stereocenters. The van der Waals surface area contributed by atoms with Crippen molar-refractivity contribution in [1.82, 2.24) is 24.9 Å². The number of carbonyl (C=O) groups excluding carboxylic acids is 1. The SMILES string of the molecule is COc1ccc(C(=O)N[C@@H]2CC(Cn3cccn3)C[C@H]2O)cc1-c1ccn(C)n1. The standard InChI is InChI=1S/C21H25N5O3/c1-25-9-6-17(24-25)16-12-15(4-5-20(16)29-2)21(28)23-18-10-14(11-19(18)27)13-26-8-3-7-22-26/h3-9,12,14,18-19,27H,10-11,13H2,1-2H3,(H,23,28)/t14?,18-,19-/m1/s1. The van der Waals surface area contributed by atoms with E-state index in [0.29, 0.717) is 17.7 Å². The van der Waals surface area contributed by atoms with E-state index >= 15 is 0 Å². The normalized spacial score (nSPS) is 21.3. The van der Waals surface area contributed by atoms with Crippen LogP contribution in [0.15, 0.2) is 48.9 Å². The summed E-state index contributed by atoms with van der Waals surface area (Å²) in [6.45, 7) is 0.739. The van der Waals surface area contributed by atoms with Crippen molar-refractivity contribution in [3.8, 4) is 17.0 Å². The number of rotatable bonds is 6. The van der Waals surface area contributed by atoms with E-state index in [9.17, 15) is 9.90 Å². The van der Waals surface area contributed by atoms with E-state index in [4.69, 9.17) is 4.74 Å². The number of aryl methyl sites for hydroxylation is 1. The van der Waals surface area contributed by atoms with Crippen molar-refractivity contribution < 1.29 is 14.6 Å². The number of benzene rings is 1. The molecule has 8 heteroatoms. The molecule has 1 aliphatic rings. The lowest BCUT2D eigenvalue weighted by atomic mass is 10.1. The molecule has 1 fully saturated rings. The van der Waals surface area contributed by atoms with Gasteiger partial charge in [-0.25, -0.2) is 0 Å². The molecule has 1 amide bonds. The summed E-state index contributed by atoms with van der Waals surface area (Å²) in [6, 6.07) is 8.75. The van der Waals surface area contributed by atoms with Crippen molar-refractivity contribution in [1.29, 1.82) is 0 Å². The van der Waals surface area contributed by atoms with Crippen molar-refractivity contribution in [3.63, 3.8) is 0 Å². The highest BCUT2D eigenvalue weighted by Gasteiger charge is 2.34. The number of ether oxygens (including phenoxy) is 1. The monoisotopic (exact) mass is 395 g/mol. The highest BCUT2D eigenvalue weighted by molar-refractivity contribution is 5.96. The average molecular weight is 395 g/mol. The third-order valence-electron chi connectivity index (χ3n) is 5.40. The van der Waals surface area contributed by atoms with Gasteiger partial charge in [-0.1, -0.05) is 0 Å². The minimum atomic E-state index is -0.562. The van der Waals surface area contributed by atoms with Crippen LogP contribution in [0, 0.1) is 5.92 Å². The highest BCUT2D eigenvalue weighted by atomic mass is 16.5. The maximum atomic E-state index is 12.9. The van der Waals surface area contributed by atoms with E-state index in [-0.39, 0.29) is 17.9 Å². The Morgan fingerprint density at radius 2 is 2.17 bits per heavy atom. The number of nitrogens with zero attached hydrogens (tertiary/aromatic N) is 4. The summed E-state index contributed by atoms with van der Waals surface area (Å²) in [5, 5.41) is 22.0. The van der Waals surface area contributed by atoms with E-state index in [0.717, 1.165) is 24.2 Å². The van der Waals surface area contributed by atoms with Crippen LogP contribution in [0.5, 0.6) is 5.75 Å². The summed E-state index contributed by atoms with van der Waals surface area (Å²) in [4.78, 5) is 12.9. The van der Waals surface area contributed by atoms with Gasteiger partial charge in [0.2, 0.25) is 0 Å². The first kappa shape index (κ1) is 19.2. The van der Waals surface area contributed by atoms with Gasteiger partial charge >= 0.3 is 0 Å². The molecule has 1 aliphatic carbocycles. The Balaban J connectivity index is 1.47. The second-order valence-electron chi connectivity index (χ2n) is 7.50. The Bertz CT molecular complexity index is 982. The predicted molar refractivity (Wildman–Crippen MR) is 107 cm³/mol. The molecule has 152 valence electrons. The van der Waals surface area contributed by atoms with Crippen LogP contribution in [0.3, 0.4) is 0 Å². The summed E-state index contributed by atoms with van der Waals surface area (Å²) < 4.78 is 9.00. The summed E-state index contributed by atoms with van der Waals surface area (Å²) >= 11 is 0. The average Bonchev–Trinajstić information content (AvgIpc) is 3.44. The smallest absolute Gasteiger partial charge is 0.251 e. The molecule has 1 saturated carbocycles. The van der Waals surface area contributed by atoms with E-state index in [1.165, 1.54) is 0 Å². The molecule has 0 saturated heterocycles. The first-order chi connectivity index (χ1) is 14.0.